The molecular formula is C10H18O3. The molecule has 2 fully saturated rings. The molecule has 0 spiro atoms. The van der Waals surface area contributed by atoms with Gasteiger partial charge >= 0.3 is 0 Å². The fourth-order valence-electron chi connectivity index (χ4n) is 2.22. The average molecular weight is 186 g/mol. The summed E-state index contributed by atoms with van der Waals surface area (Å²) in [5.74, 6) is 1.12. The number of aliphatic hydroxyl groups excluding tert-OH is 1. The lowest BCUT2D eigenvalue weighted by atomic mass is 9.87. The number of aliphatic hydroxyl groups is 1. The third-order valence-electron chi connectivity index (χ3n) is 3.14. The van der Waals surface area contributed by atoms with Crippen LogP contribution in [0, 0.1) is 11.8 Å². The molecule has 0 amide bonds. The molecule has 0 saturated carbocycles. The van der Waals surface area contributed by atoms with E-state index in [1.807, 2.05) is 0 Å². The molecule has 2 aliphatic heterocycles. The van der Waals surface area contributed by atoms with Crippen LogP contribution in [-0.4, -0.2) is 37.6 Å². The van der Waals surface area contributed by atoms with Gasteiger partial charge in [0.05, 0.1) is 19.3 Å². The lowest BCUT2D eigenvalue weighted by Gasteiger charge is -2.25. The smallest absolute Gasteiger partial charge is 0.0823 e. The molecule has 13 heavy (non-hydrogen) atoms. The van der Waals surface area contributed by atoms with E-state index in [1.54, 1.807) is 0 Å². The average Bonchev–Trinajstić information content (AvgIpc) is 2.54. The van der Waals surface area contributed by atoms with Crippen LogP contribution < -0.4 is 0 Å². The van der Waals surface area contributed by atoms with Crippen molar-refractivity contribution in [2.45, 2.75) is 25.4 Å². The summed E-state index contributed by atoms with van der Waals surface area (Å²) in [6.45, 7) is 3.08. The highest BCUT2D eigenvalue weighted by atomic mass is 16.5. The van der Waals surface area contributed by atoms with E-state index in [0.717, 1.165) is 45.0 Å². The van der Waals surface area contributed by atoms with Gasteiger partial charge in [-0.15, -0.1) is 0 Å². The fraction of sp³-hybridized carbons (Fsp3) is 1.00. The van der Waals surface area contributed by atoms with Crippen molar-refractivity contribution in [3.8, 4) is 0 Å². The van der Waals surface area contributed by atoms with Crippen molar-refractivity contribution in [3.63, 3.8) is 0 Å². The molecule has 0 bridgehead atoms. The summed E-state index contributed by atoms with van der Waals surface area (Å²) in [5, 5.41) is 9.56. The van der Waals surface area contributed by atoms with Gasteiger partial charge in [0.15, 0.2) is 0 Å². The largest absolute Gasteiger partial charge is 0.390 e. The van der Waals surface area contributed by atoms with Gasteiger partial charge in [0.1, 0.15) is 0 Å². The van der Waals surface area contributed by atoms with Gasteiger partial charge in [-0.25, -0.2) is 0 Å². The molecule has 0 aromatic heterocycles. The zero-order valence-electron chi connectivity index (χ0n) is 7.95. The van der Waals surface area contributed by atoms with Crippen LogP contribution in [0.5, 0.6) is 0 Å². The third-order valence-corrected chi connectivity index (χ3v) is 3.14. The molecule has 2 atom stereocenters. The van der Waals surface area contributed by atoms with Gasteiger partial charge in [0.25, 0.3) is 0 Å². The van der Waals surface area contributed by atoms with Crippen LogP contribution in [0.1, 0.15) is 19.3 Å². The molecule has 2 heterocycles. The second kappa shape index (κ2) is 4.40. The summed E-state index contributed by atoms with van der Waals surface area (Å²) in [7, 11) is 0. The Morgan fingerprint density at radius 1 is 1.08 bits per heavy atom. The number of hydrogen-bond donors (Lipinski definition) is 1. The van der Waals surface area contributed by atoms with Crippen molar-refractivity contribution in [2.75, 3.05) is 26.4 Å². The third kappa shape index (κ3) is 2.42. The molecule has 2 aliphatic rings. The zero-order valence-corrected chi connectivity index (χ0v) is 7.95. The van der Waals surface area contributed by atoms with Gasteiger partial charge in [-0.2, -0.15) is 0 Å². The zero-order chi connectivity index (χ0) is 9.10. The minimum absolute atomic E-state index is 0.220. The second-order valence-electron chi connectivity index (χ2n) is 4.16. The maximum absolute atomic E-state index is 9.56. The molecular weight excluding hydrogens is 168 g/mol. The summed E-state index contributed by atoms with van der Waals surface area (Å²) in [6, 6.07) is 0. The molecule has 3 heteroatoms. The Morgan fingerprint density at radius 3 is 2.46 bits per heavy atom. The van der Waals surface area contributed by atoms with Gasteiger partial charge in [0.2, 0.25) is 0 Å². The van der Waals surface area contributed by atoms with Gasteiger partial charge < -0.3 is 14.6 Å². The standard InChI is InChI=1S/C10H18O3/c11-10-7-13-6-9(10)5-8-1-3-12-4-2-8/h8-11H,1-7H2. The Kier molecular flexibility index (Phi) is 3.19. The van der Waals surface area contributed by atoms with E-state index in [2.05, 4.69) is 0 Å². The van der Waals surface area contributed by atoms with E-state index in [0.29, 0.717) is 12.5 Å². The molecule has 1 N–H and O–H groups in total. The molecule has 2 rings (SSSR count). The van der Waals surface area contributed by atoms with E-state index in [1.165, 1.54) is 0 Å². The maximum Gasteiger partial charge on any atom is 0.0823 e. The molecule has 0 aliphatic carbocycles. The molecule has 0 aromatic carbocycles. The summed E-state index contributed by atoms with van der Waals surface area (Å²) >= 11 is 0. The quantitative estimate of drug-likeness (QED) is 0.693. The lowest BCUT2D eigenvalue weighted by molar-refractivity contribution is 0.0490. The SMILES string of the molecule is OC1COCC1CC1CCOCC1. The maximum atomic E-state index is 9.56. The van der Waals surface area contributed by atoms with E-state index in [-0.39, 0.29) is 6.10 Å². The summed E-state index contributed by atoms with van der Waals surface area (Å²) in [5.41, 5.74) is 0. The number of hydrogen-bond acceptors (Lipinski definition) is 3. The predicted octanol–water partition coefficient (Wildman–Crippen LogP) is 0.810. The lowest BCUT2D eigenvalue weighted by Crippen LogP contribution is -2.24. The summed E-state index contributed by atoms with van der Waals surface area (Å²) in [4.78, 5) is 0. The predicted molar refractivity (Wildman–Crippen MR) is 48.5 cm³/mol. The van der Waals surface area contributed by atoms with E-state index in [9.17, 15) is 5.11 Å². The highest BCUT2D eigenvalue weighted by Crippen LogP contribution is 2.27. The first-order valence-electron chi connectivity index (χ1n) is 5.20. The van der Waals surface area contributed by atoms with Crippen LogP contribution in [0.2, 0.25) is 0 Å². The second-order valence-corrected chi connectivity index (χ2v) is 4.16. The minimum atomic E-state index is -0.220. The van der Waals surface area contributed by atoms with Gasteiger partial charge in [0, 0.05) is 19.1 Å². The Bertz CT molecular complexity index is 154. The highest BCUT2D eigenvalue weighted by Gasteiger charge is 2.29. The van der Waals surface area contributed by atoms with Crippen LogP contribution in [0.15, 0.2) is 0 Å². The van der Waals surface area contributed by atoms with Crippen LogP contribution in [0.3, 0.4) is 0 Å². The Labute approximate surface area is 79.0 Å². The van der Waals surface area contributed by atoms with Crippen molar-refractivity contribution in [3.05, 3.63) is 0 Å². The first kappa shape index (κ1) is 9.44. The summed E-state index contributed by atoms with van der Waals surface area (Å²) < 4.78 is 10.5. The number of rotatable bonds is 2. The summed E-state index contributed by atoms with van der Waals surface area (Å²) in [6.07, 6.45) is 3.21. The number of ether oxygens (including phenoxy) is 2. The van der Waals surface area contributed by atoms with Crippen molar-refractivity contribution in [2.24, 2.45) is 11.8 Å². The minimum Gasteiger partial charge on any atom is -0.390 e. The molecule has 2 unspecified atom stereocenters. The van der Waals surface area contributed by atoms with E-state index >= 15 is 0 Å². The molecule has 3 nitrogen and oxygen atoms in total. The van der Waals surface area contributed by atoms with Crippen LogP contribution in [-0.2, 0) is 9.47 Å². The molecule has 76 valence electrons. The van der Waals surface area contributed by atoms with Crippen molar-refractivity contribution in [1.82, 2.24) is 0 Å². The van der Waals surface area contributed by atoms with Gasteiger partial charge in [-0.3, -0.25) is 0 Å². The Morgan fingerprint density at radius 2 is 1.85 bits per heavy atom. The Balaban J connectivity index is 1.75. The monoisotopic (exact) mass is 186 g/mol. The molecule has 0 radical (unpaired) electrons. The fourth-order valence-corrected chi connectivity index (χ4v) is 2.22. The van der Waals surface area contributed by atoms with Crippen molar-refractivity contribution >= 4 is 0 Å². The van der Waals surface area contributed by atoms with E-state index in [4.69, 9.17) is 9.47 Å². The molecule has 0 aromatic rings. The van der Waals surface area contributed by atoms with E-state index < -0.39 is 0 Å². The topological polar surface area (TPSA) is 38.7 Å². The van der Waals surface area contributed by atoms with Crippen molar-refractivity contribution < 1.29 is 14.6 Å². The first-order valence-corrected chi connectivity index (χ1v) is 5.20. The van der Waals surface area contributed by atoms with Crippen molar-refractivity contribution in [1.29, 1.82) is 0 Å². The van der Waals surface area contributed by atoms with Gasteiger partial charge in [-0.05, 0) is 25.2 Å². The first-order chi connectivity index (χ1) is 6.36. The molecule has 2 saturated heterocycles. The highest BCUT2D eigenvalue weighted by molar-refractivity contribution is 4.78. The van der Waals surface area contributed by atoms with Crippen LogP contribution in [0.25, 0.3) is 0 Å². The van der Waals surface area contributed by atoms with Gasteiger partial charge in [-0.1, -0.05) is 0 Å². The van der Waals surface area contributed by atoms with Crippen LogP contribution in [0.4, 0.5) is 0 Å². The normalized spacial score (nSPS) is 36.7. The Hall–Kier alpha value is -0.120. The van der Waals surface area contributed by atoms with Crippen LogP contribution >= 0.6 is 0 Å².